The lowest BCUT2D eigenvalue weighted by Gasteiger charge is -2.21. The molecule has 0 bridgehead atoms. The number of benzene rings is 2. The first-order chi connectivity index (χ1) is 15.1. The minimum Gasteiger partial charge on any atom is -0.299 e. The zero-order valence-corrected chi connectivity index (χ0v) is 19.2. The van der Waals surface area contributed by atoms with Gasteiger partial charge in [-0.25, -0.2) is 8.42 Å². The summed E-state index contributed by atoms with van der Waals surface area (Å²) in [5.41, 5.74) is 0.276. The van der Waals surface area contributed by atoms with Gasteiger partial charge in [-0.15, -0.1) is 10.2 Å². The number of anilines is 1. The van der Waals surface area contributed by atoms with E-state index in [1.54, 1.807) is 13.8 Å². The Morgan fingerprint density at radius 3 is 2.47 bits per heavy atom. The molecule has 0 radical (unpaired) electrons. The van der Waals surface area contributed by atoms with Crippen molar-refractivity contribution in [2.75, 3.05) is 5.32 Å². The highest BCUT2D eigenvalue weighted by atomic mass is 35.5. The molecule has 0 saturated carbocycles. The summed E-state index contributed by atoms with van der Waals surface area (Å²) in [6, 6.07) is 11.2. The lowest BCUT2D eigenvalue weighted by Crippen LogP contribution is -2.47. The molecule has 0 aliphatic heterocycles. The Morgan fingerprint density at radius 2 is 1.84 bits per heavy atom. The Morgan fingerprint density at radius 1 is 1.16 bits per heavy atom. The van der Waals surface area contributed by atoms with Gasteiger partial charge in [-0.1, -0.05) is 67.1 Å². The van der Waals surface area contributed by atoms with Crippen molar-refractivity contribution in [3.63, 3.8) is 0 Å². The van der Waals surface area contributed by atoms with Crippen LogP contribution in [0.1, 0.15) is 13.8 Å². The van der Waals surface area contributed by atoms with Gasteiger partial charge in [0.1, 0.15) is 16.1 Å². The molecule has 0 spiro atoms. The van der Waals surface area contributed by atoms with E-state index in [1.807, 2.05) is 30.3 Å². The monoisotopic (exact) mass is 495 g/mol. The molecule has 1 atom stereocenters. The van der Waals surface area contributed by atoms with Crippen LogP contribution in [-0.2, 0) is 14.8 Å². The number of halogens is 1. The summed E-state index contributed by atoms with van der Waals surface area (Å²) in [6.07, 6.45) is 0. The summed E-state index contributed by atoms with van der Waals surface area (Å²) in [5.74, 6) is -1.07. The molecule has 0 aliphatic carbocycles. The van der Waals surface area contributed by atoms with Gasteiger partial charge in [0.2, 0.25) is 21.1 Å². The minimum absolute atomic E-state index is 0.197. The SMILES string of the molecule is CC(C)C(NS(=O)(=O)c1ccc(Cl)c([N+](=O)[O-])c1)C(=O)Nc1nnc(-c2ccccc2)s1. The Kier molecular flexibility index (Phi) is 7.19. The minimum atomic E-state index is -4.26. The van der Waals surface area contributed by atoms with Gasteiger partial charge in [-0.2, -0.15) is 4.72 Å². The second-order valence-electron chi connectivity index (χ2n) is 6.98. The maximum atomic E-state index is 12.8. The zero-order chi connectivity index (χ0) is 23.5. The lowest BCUT2D eigenvalue weighted by molar-refractivity contribution is -0.384. The van der Waals surface area contributed by atoms with Crippen molar-refractivity contribution in [2.45, 2.75) is 24.8 Å². The number of nitrogens with zero attached hydrogens (tertiary/aromatic N) is 3. The summed E-state index contributed by atoms with van der Waals surface area (Å²) in [5, 5.41) is 22.2. The summed E-state index contributed by atoms with van der Waals surface area (Å²) >= 11 is 6.90. The number of nitro benzene ring substituents is 1. The van der Waals surface area contributed by atoms with Gasteiger partial charge in [-0.05, 0) is 18.1 Å². The molecule has 2 aromatic carbocycles. The van der Waals surface area contributed by atoms with Crippen LogP contribution >= 0.6 is 22.9 Å². The smallest absolute Gasteiger partial charge is 0.289 e. The number of carbonyl (C=O) groups is 1. The van der Waals surface area contributed by atoms with Gasteiger partial charge >= 0.3 is 0 Å². The average Bonchev–Trinajstić information content (AvgIpc) is 3.21. The van der Waals surface area contributed by atoms with Gasteiger partial charge in [0, 0.05) is 11.6 Å². The molecule has 0 aliphatic rings. The molecule has 1 amide bonds. The number of nitro groups is 1. The predicted octanol–water partition coefficient (Wildman–Crippen LogP) is 3.71. The number of amides is 1. The molecule has 0 fully saturated rings. The van der Waals surface area contributed by atoms with Crippen molar-refractivity contribution in [1.82, 2.24) is 14.9 Å². The van der Waals surface area contributed by atoms with Crippen molar-refractivity contribution in [3.8, 4) is 10.6 Å². The summed E-state index contributed by atoms with van der Waals surface area (Å²) in [6.45, 7) is 3.32. The van der Waals surface area contributed by atoms with E-state index in [1.165, 1.54) is 0 Å². The molecule has 1 aromatic heterocycles. The highest BCUT2D eigenvalue weighted by Gasteiger charge is 2.30. The Bertz CT molecular complexity index is 1250. The number of aromatic nitrogens is 2. The van der Waals surface area contributed by atoms with Gasteiger partial charge in [0.25, 0.3) is 5.69 Å². The molecule has 13 heteroatoms. The number of rotatable bonds is 8. The molecule has 0 saturated heterocycles. The third-order valence-electron chi connectivity index (χ3n) is 4.33. The van der Waals surface area contributed by atoms with Crippen LogP contribution in [0.3, 0.4) is 0 Å². The quantitative estimate of drug-likeness (QED) is 0.358. The lowest BCUT2D eigenvalue weighted by atomic mass is 10.1. The van der Waals surface area contributed by atoms with Gasteiger partial charge in [0.15, 0.2) is 0 Å². The first-order valence-electron chi connectivity index (χ1n) is 9.24. The summed E-state index contributed by atoms with van der Waals surface area (Å²) < 4.78 is 27.9. The first kappa shape index (κ1) is 23.7. The Labute approximate surface area is 192 Å². The number of hydrogen-bond acceptors (Lipinski definition) is 8. The predicted molar refractivity (Wildman–Crippen MR) is 121 cm³/mol. The second-order valence-corrected chi connectivity index (χ2v) is 10.1. The van der Waals surface area contributed by atoms with Crippen molar-refractivity contribution in [3.05, 3.63) is 63.7 Å². The van der Waals surface area contributed by atoms with Crippen LogP contribution in [-0.4, -0.2) is 35.5 Å². The van der Waals surface area contributed by atoms with E-state index >= 15 is 0 Å². The van der Waals surface area contributed by atoms with Gasteiger partial charge in [0.05, 0.1) is 9.82 Å². The Balaban J connectivity index is 1.79. The van der Waals surface area contributed by atoms with Gasteiger partial charge in [-0.3, -0.25) is 20.2 Å². The van der Waals surface area contributed by atoms with E-state index in [2.05, 4.69) is 20.2 Å². The van der Waals surface area contributed by atoms with Crippen LogP contribution < -0.4 is 10.0 Å². The molecule has 32 heavy (non-hydrogen) atoms. The van der Waals surface area contributed by atoms with Crippen LogP contribution in [0.25, 0.3) is 10.6 Å². The second kappa shape index (κ2) is 9.69. The van der Waals surface area contributed by atoms with E-state index in [-0.39, 0.29) is 15.0 Å². The Hall–Kier alpha value is -2.93. The van der Waals surface area contributed by atoms with E-state index in [0.29, 0.717) is 5.01 Å². The van der Waals surface area contributed by atoms with Crippen molar-refractivity contribution in [1.29, 1.82) is 0 Å². The van der Waals surface area contributed by atoms with Crippen LogP contribution in [0.4, 0.5) is 10.8 Å². The molecule has 3 rings (SSSR count). The van der Waals surface area contributed by atoms with E-state index in [0.717, 1.165) is 35.1 Å². The molecule has 2 N–H and O–H groups in total. The highest BCUT2D eigenvalue weighted by molar-refractivity contribution is 7.89. The molecule has 3 aromatic rings. The first-order valence-corrected chi connectivity index (χ1v) is 11.9. The van der Waals surface area contributed by atoms with E-state index < -0.39 is 38.5 Å². The fraction of sp³-hybridized carbons (Fsp3) is 0.211. The van der Waals surface area contributed by atoms with Gasteiger partial charge < -0.3 is 0 Å². The van der Waals surface area contributed by atoms with Crippen LogP contribution in [0, 0.1) is 16.0 Å². The van der Waals surface area contributed by atoms with E-state index in [9.17, 15) is 23.3 Å². The topological polar surface area (TPSA) is 144 Å². The average molecular weight is 496 g/mol. The molecule has 168 valence electrons. The molecular weight excluding hydrogens is 478 g/mol. The molecule has 10 nitrogen and oxygen atoms in total. The van der Waals surface area contributed by atoms with Crippen molar-refractivity contribution < 1.29 is 18.1 Å². The number of sulfonamides is 1. The van der Waals surface area contributed by atoms with E-state index in [4.69, 9.17) is 11.6 Å². The normalized spacial score (nSPS) is 12.5. The number of nitrogens with one attached hydrogen (secondary N) is 2. The molecule has 1 heterocycles. The fourth-order valence-corrected chi connectivity index (χ4v) is 4.98. The maximum absolute atomic E-state index is 12.8. The third-order valence-corrected chi connectivity index (χ3v) is 6.98. The number of carbonyl (C=O) groups excluding carboxylic acids is 1. The summed E-state index contributed by atoms with van der Waals surface area (Å²) in [7, 11) is -4.26. The van der Waals surface area contributed by atoms with Crippen LogP contribution in [0.5, 0.6) is 0 Å². The van der Waals surface area contributed by atoms with Crippen LogP contribution in [0.2, 0.25) is 5.02 Å². The highest BCUT2D eigenvalue weighted by Crippen LogP contribution is 2.28. The zero-order valence-electron chi connectivity index (χ0n) is 16.9. The standard InChI is InChI=1S/C19H18ClN5O5S2/c1-11(2)16(24-32(29,30)13-8-9-14(20)15(10-13)25(27)28)17(26)21-19-23-22-18(31-19)12-6-4-3-5-7-12/h3-11,16,24H,1-2H3,(H,21,23,26). The van der Waals surface area contributed by atoms with Crippen molar-refractivity contribution >= 4 is 49.7 Å². The fourth-order valence-electron chi connectivity index (χ4n) is 2.68. The molecule has 1 unspecified atom stereocenters. The number of hydrogen-bond donors (Lipinski definition) is 2. The van der Waals surface area contributed by atoms with Crippen molar-refractivity contribution in [2.24, 2.45) is 5.92 Å². The third kappa shape index (κ3) is 5.46. The molecular formula is C19H18ClN5O5S2. The maximum Gasteiger partial charge on any atom is 0.289 e. The summed E-state index contributed by atoms with van der Waals surface area (Å²) in [4.78, 5) is 22.7. The largest absolute Gasteiger partial charge is 0.299 e. The van der Waals surface area contributed by atoms with Crippen LogP contribution in [0.15, 0.2) is 53.4 Å².